The third kappa shape index (κ3) is 3.17. The van der Waals surface area contributed by atoms with Gasteiger partial charge in [-0.15, -0.1) is 11.3 Å². The van der Waals surface area contributed by atoms with Crippen LogP contribution in [0.1, 0.15) is 15.9 Å². The summed E-state index contributed by atoms with van der Waals surface area (Å²) in [6.45, 7) is 1.62. The van der Waals surface area contributed by atoms with Crippen LogP contribution in [0.2, 0.25) is 8.67 Å². The van der Waals surface area contributed by atoms with Crippen LogP contribution in [0, 0.1) is 6.92 Å². The fourth-order valence-corrected chi connectivity index (χ4v) is 3.02. The van der Waals surface area contributed by atoms with Gasteiger partial charge in [-0.25, -0.2) is 0 Å². The lowest BCUT2D eigenvalue weighted by Gasteiger charge is -2.08. The van der Waals surface area contributed by atoms with Gasteiger partial charge in [0.25, 0.3) is 5.91 Å². The maximum Gasteiger partial charge on any atom is 0.300 e. The summed E-state index contributed by atoms with van der Waals surface area (Å²) in [5.74, 6) is -0.686. The molecule has 1 aromatic rings. The molecule has 0 aliphatic heterocycles. The van der Waals surface area contributed by atoms with Crippen molar-refractivity contribution in [1.29, 1.82) is 0 Å². The highest BCUT2D eigenvalue weighted by atomic mass is 35.5. The van der Waals surface area contributed by atoms with Crippen molar-refractivity contribution in [2.45, 2.75) is 6.92 Å². The van der Waals surface area contributed by atoms with E-state index in [0.717, 1.165) is 11.3 Å². The molecule has 9 heteroatoms. The molecular formula is C6H8Cl2N3O2PS. The first-order valence-electron chi connectivity index (χ1n) is 3.66. The first-order valence-corrected chi connectivity index (χ1v) is 7.08. The van der Waals surface area contributed by atoms with Crippen LogP contribution < -0.4 is 16.1 Å². The SMILES string of the molecule is Cc1c(Cl)sc(Cl)c1C(=O)NP(N)(N)=O. The van der Waals surface area contributed by atoms with E-state index in [2.05, 4.69) is 0 Å². The molecule has 0 bridgehead atoms. The minimum Gasteiger partial charge on any atom is -0.279 e. The molecule has 0 fully saturated rings. The first kappa shape index (κ1) is 13.0. The molecule has 5 nitrogen and oxygen atoms in total. The number of amides is 1. The normalized spacial score (nSPS) is 11.5. The predicted octanol–water partition coefficient (Wildman–Crippen LogP) is 2.12. The summed E-state index contributed by atoms with van der Waals surface area (Å²) in [6.07, 6.45) is 0. The van der Waals surface area contributed by atoms with Gasteiger partial charge < -0.3 is 0 Å². The smallest absolute Gasteiger partial charge is 0.279 e. The molecule has 5 N–H and O–H groups in total. The second kappa shape index (κ2) is 4.41. The summed E-state index contributed by atoms with van der Waals surface area (Å²) < 4.78 is 11.6. The standard InChI is InChI=1S/C6H8Cl2N3O2PS/c1-2-3(5(8)15-4(2)7)6(12)11-14(9,10)13/h1H3,(H5,9,10,11,12,13). The molecule has 0 atom stereocenters. The summed E-state index contributed by atoms with van der Waals surface area (Å²) >= 11 is 12.6. The van der Waals surface area contributed by atoms with E-state index in [1.54, 1.807) is 6.92 Å². The van der Waals surface area contributed by atoms with E-state index in [9.17, 15) is 9.36 Å². The molecule has 0 aromatic carbocycles. The zero-order valence-corrected chi connectivity index (χ0v) is 10.8. The predicted molar refractivity (Wildman–Crippen MR) is 62.5 cm³/mol. The van der Waals surface area contributed by atoms with Gasteiger partial charge in [-0.05, 0) is 12.5 Å². The van der Waals surface area contributed by atoms with Crippen LogP contribution in [0.3, 0.4) is 0 Å². The van der Waals surface area contributed by atoms with Crippen molar-refractivity contribution in [3.05, 3.63) is 19.8 Å². The minimum atomic E-state index is -3.61. The van der Waals surface area contributed by atoms with E-state index < -0.39 is 13.5 Å². The summed E-state index contributed by atoms with van der Waals surface area (Å²) in [4.78, 5) is 11.5. The highest BCUT2D eigenvalue weighted by Gasteiger charge is 2.22. The summed E-state index contributed by atoms with van der Waals surface area (Å²) in [6, 6.07) is 0. The summed E-state index contributed by atoms with van der Waals surface area (Å²) in [7, 11) is -3.61. The van der Waals surface area contributed by atoms with Gasteiger partial charge in [-0.2, -0.15) is 0 Å². The molecule has 0 saturated heterocycles. The number of nitrogens with two attached hydrogens (primary N) is 2. The molecular weight excluding hydrogens is 280 g/mol. The average molecular weight is 288 g/mol. The molecule has 1 amide bonds. The number of hydrogen-bond acceptors (Lipinski definition) is 3. The second-order valence-corrected chi connectivity index (χ2v) is 6.67. The fraction of sp³-hybridized carbons (Fsp3) is 0.167. The van der Waals surface area contributed by atoms with Crippen LogP contribution in [-0.4, -0.2) is 5.91 Å². The van der Waals surface area contributed by atoms with Gasteiger partial charge in [-0.1, -0.05) is 23.2 Å². The Bertz CT molecular complexity index is 455. The van der Waals surface area contributed by atoms with Crippen LogP contribution >= 0.6 is 42.1 Å². The highest BCUT2D eigenvalue weighted by molar-refractivity contribution is 7.57. The van der Waals surface area contributed by atoms with Crippen LogP contribution in [0.15, 0.2) is 0 Å². The van der Waals surface area contributed by atoms with Gasteiger partial charge >= 0.3 is 7.59 Å². The van der Waals surface area contributed by atoms with E-state index in [-0.39, 0.29) is 9.90 Å². The number of carbonyl (C=O) groups is 1. The topological polar surface area (TPSA) is 98.2 Å². The number of carbonyl (C=O) groups excluding carboxylic acids is 1. The van der Waals surface area contributed by atoms with Crippen LogP contribution in [0.5, 0.6) is 0 Å². The molecule has 0 unspecified atom stereocenters. The Balaban J connectivity index is 3.07. The van der Waals surface area contributed by atoms with Crippen molar-refractivity contribution >= 4 is 48.0 Å². The zero-order chi connectivity index (χ0) is 11.8. The number of hydrogen-bond donors (Lipinski definition) is 3. The quantitative estimate of drug-likeness (QED) is 0.726. The van der Waals surface area contributed by atoms with Crippen LogP contribution in [0.4, 0.5) is 0 Å². The molecule has 1 heterocycles. The minimum absolute atomic E-state index is 0.155. The van der Waals surface area contributed by atoms with E-state index in [1.165, 1.54) is 0 Å². The van der Waals surface area contributed by atoms with Gasteiger partial charge in [0.15, 0.2) is 0 Å². The Kier molecular flexibility index (Phi) is 3.81. The maximum atomic E-state index is 11.5. The van der Waals surface area contributed by atoms with Gasteiger partial charge in [0.1, 0.15) is 4.34 Å². The van der Waals surface area contributed by atoms with Crippen molar-refractivity contribution in [3.63, 3.8) is 0 Å². The Morgan fingerprint density at radius 2 is 1.93 bits per heavy atom. The van der Waals surface area contributed by atoms with Crippen LogP contribution in [0.25, 0.3) is 0 Å². The van der Waals surface area contributed by atoms with Gasteiger partial charge in [-0.3, -0.25) is 25.5 Å². The Morgan fingerprint density at radius 3 is 2.27 bits per heavy atom. The lowest BCUT2D eigenvalue weighted by molar-refractivity contribution is 0.0980. The number of nitrogens with one attached hydrogen (secondary N) is 1. The molecule has 84 valence electrons. The van der Waals surface area contributed by atoms with Gasteiger partial charge in [0, 0.05) is 0 Å². The second-order valence-electron chi connectivity index (χ2n) is 2.80. The third-order valence-electron chi connectivity index (χ3n) is 1.55. The number of rotatable bonds is 2. The van der Waals surface area contributed by atoms with Crippen molar-refractivity contribution in [1.82, 2.24) is 5.09 Å². The summed E-state index contributed by atoms with van der Waals surface area (Å²) in [5, 5.41) is 1.97. The van der Waals surface area contributed by atoms with Crippen molar-refractivity contribution in [2.75, 3.05) is 0 Å². The van der Waals surface area contributed by atoms with Crippen molar-refractivity contribution in [2.24, 2.45) is 11.0 Å². The molecule has 0 aliphatic rings. The monoisotopic (exact) mass is 287 g/mol. The van der Waals surface area contributed by atoms with Gasteiger partial charge in [0.2, 0.25) is 0 Å². The molecule has 1 aromatic heterocycles. The molecule has 0 aliphatic carbocycles. The van der Waals surface area contributed by atoms with Gasteiger partial charge in [0.05, 0.1) is 9.90 Å². The lowest BCUT2D eigenvalue weighted by Crippen LogP contribution is -2.28. The van der Waals surface area contributed by atoms with E-state index in [4.69, 9.17) is 34.2 Å². The third-order valence-corrected chi connectivity index (χ3v) is 3.91. The number of halogens is 2. The average Bonchev–Trinajstić information content (AvgIpc) is 2.22. The highest BCUT2D eigenvalue weighted by Crippen LogP contribution is 2.36. The van der Waals surface area contributed by atoms with E-state index in [0.29, 0.717) is 9.90 Å². The molecule has 0 spiro atoms. The molecule has 15 heavy (non-hydrogen) atoms. The Hall–Kier alpha value is -0.100. The molecule has 0 saturated carbocycles. The fourth-order valence-electron chi connectivity index (χ4n) is 0.926. The van der Waals surface area contributed by atoms with Crippen LogP contribution in [-0.2, 0) is 4.57 Å². The summed E-state index contributed by atoms with van der Waals surface area (Å²) in [5.41, 5.74) is 10.7. The van der Waals surface area contributed by atoms with E-state index in [1.807, 2.05) is 5.09 Å². The number of thiophene rings is 1. The Labute approximate surface area is 100 Å². The Morgan fingerprint density at radius 1 is 1.40 bits per heavy atom. The lowest BCUT2D eigenvalue weighted by atomic mass is 10.2. The molecule has 1 rings (SSSR count). The first-order chi connectivity index (χ1) is 6.72. The van der Waals surface area contributed by atoms with Crippen molar-refractivity contribution < 1.29 is 9.36 Å². The zero-order valence-electron chi connectivity index (χ0n) is 7.58. The maximum absolute atomic E-state index is 11.5. The van der Waals surface area contributed by atoms with E-state index >= 15 is 0 Å². The molecule has 0 radical (unpaired) electrons. The van der Waals surface area contributed by atoms with Crippen molar-refractivity contribution in [3.8, 4) is 0 Å². The largest absolute Gasteiger partial charge is 0.300 e.